The molecule has 0 fully saturated rings. The van der Waals surface area contributed by atoms with Crippen LogP contribution in [-0.2, 0) is 0 Å². The van der Waals surface area contributed by atoms with Gasteiger partial charge in [-0.15, -0.1) is 0 Å². The number of benzene rings is 2. The Labute approximate surface area is 183 Å². The molecule has 4 N–H and O–H groups in total. The van der Waals surface area contributed by atoms with Gasteiger partial charge in [-0.3, -0.25) is 9.59 Å². The molecule has 0 saturated heterocycles. The molecule has 0 unspecified atom stereocenters. The summed E-state index contributed by atoms with van der Waals surface area (Å²) in [6.45, 7) is 0.863. The van der Waals surface area contributed by atoms with E-state index in [0.717, 1.165) is 0 Å². The van der Waals surface area contributed by atoms with Crippen molar-refractivity contribution in [3.63, 3.8) is 0 Å². The van der Waals surface area contributed by atoms with E-state index in [-0.39, 0.29) is 22.8 Å². The first kappa shape index (κ1) is 20.4. The molecule has 0 radical (unpaired) electrons. The maximum atomic E-state index is 12.2. The summed E-state index contributed by atoms with van der Waals surface area (Å²) in [7, 11) is 1.56. The average molecular weight is 439 g/mol. The molecule has 0 bridgehead atoms. The van der Waals surface area contributed by atoms with Crippen LogP contribution in [0.25, 0.3) is 0 Å². The highest BCUT2D eigenvalue weighted by molar-refractivity contribution is 6.33. The lowest BCUT2D eigenvalue weighted by atomic mass is 10.1. The van der Waals surface area contributed by atoms with E-state index in [2.05, 4.69) is 31.2 Å². The molecule has 1 aliphatic rings. The lowest BCUT2D eigenvalue weighted by Gasteiger charge is -2.13. The molecule has 4 rings (SSSR count). The first-order valence-electron chi connectivity index (χ1n) is 9.48. The zero-order valence-corrected chi connectivity index (χ0v) is 17.3. The van der Waals surface area contributed by atoms with Crippen LogP contribution >= 0.6 is 11.6 Å². The maximum Gasteiger partial charge on any atom is 0.255 e. The van der Waals surface area contributed by atoms with Crippen LogP contribution in [0.3, 0.4) is 0 Å². The fourth-order valence-electron chi connectivity index (χ4n) is 3.03. The van der Waals surface area contributed by atoms with E-state index in [4.69, 9.17) is 16.3 Å². The molecule has 1 aliphatic heterocycles. The van der Waals surface area contributed by atoms with E-state index in [9.17, 15) is 9.59 Å². The van der Waals surface area contributed by atoms with Gasteiger partial charge in [0.1, 0.15) is 17.4 Å². The van der Waals surface area contributed by atoms with Crippen molar-refractivity contribution in [2.45, 2.75) is 0 Å². The highest BCUT2D eigenvalue weighted by atomic mass is 35.5. The van der Waals surface area contributed by atoms with Crippen LogP contribution in [-0.4, -0.2) is 42.0 Å². The van der Waals surface area contributed by atoms with Gasteiger partial charge in [-0.2, -0.15) is 4.98 Å². The molecule has 2 aromatic carbocycles. The summed E-state index contributed by atoms with van der Waals surface area (Å²) in [5, 5.41) is 11.8. The number of fused-ring (bicyclic) bond motifs is 1. The Kier molecular flexibility index (Phi) is 5.85. The van der Waals surface area contributed by atoms with Crippen LogP contribution in [0.5, 0.6) is 5.75 Å². The van der Waals surface area contributed by atoms with Gasteiger partial charge in [-0.1, -0.05) is 23.7 Å². The van der Waals surface area contributed by atoms with Crippen LogP contribution in [0.2, 0.25) is 5.02 Å². The van der Waals surface area contributed by atoms with Gasteiger partial charge in [0.15, 0.2) is 5.82 Å². The van der Waals surface area contributed by atoms with Gasteiger partial charge in [0.05, 0.1) is 29.6 Å². The molecule has 3 aromatic rings. The first-order chi connectivity index (χ1) is 15.0. The number of anilines is 4. The monoisotopic (exact) mass is 438 g/mol. The molecular weight excluding hydrogens is 420 g/mol. The van der Waals surface area contributed by atoms with E-state index in [1.54, 1.807) is 49.5 Å². The van der Waals surface area contributed by atoms with E-state index in [0.29, 0.717) is 47.2 Å². The van der Waals surface area contributed by atoms with Gasteiger partial charge in [0.25, 0.3) is 11.8 Å². The SMILES string of the molecule is CNC(=O)c1ccccc1Nc1nc(Nc2ccc3c(c2)C(=O)NCCO3)ncc1Cl. The number of aromatic nitrogens is 2. The minimum absolute atomic E-state index is 0.207. The van der Waals surface area contributed by atoms with Gasteiger partial charge in [0, 0.05) is 12.7 Å². The van der Waals surface area contributed by atoms with E-state index >= 15 is 0 Å². The highest BCUT2D eigenvalue weighted by Gasteiger charge is 2.17. The lowest BCUT2D eigenvalue weighted by molar-refractivity contribution is 0.0951. The average Bonchev–Trinajstić information content (AvgIpc) is 2.97. The number of carbonyl (C=O) groups excluding carboxylic acids is 2. The van der Waals surface area contributed by atoms with Crippen LogP contribution in [0.4, 0.5) is 23.1 Å². The number of hydrogen-bond donors (Lipinski definition) is 4. The zero-order valence-electron chi connectivity index (χ0n) is 16.5. The molecule has 10 heteroatoms. The van der Waals surface area contributed by atoms with Crippen molar-refractivity contribution in [3.8, 4) is 5.75 Å². The number of amides is 2. The number of ether oxygens (including phenoxy) is 1. The molecule has 1 aromatic heterocycles. The Bertz CT molecular complexity index is 1150. The summed E-state index contributed by atoms with van der Waals surface area (Å²) < 4.78 is 5.56. The van der Waals surface area contributed by atoms with Crippen LogP contribution in [0.15, 0.2) is 48.7 Å². The van der Waals surface area contributed by atoms with Crippen molar-refractivity contribution in [1.29, 1.82) is 0 Å². The molecule has 9 nitrogen and oxygen atoms in total. The van der Waals surface area contributed by atoms with Crippen LogP contribution in [0, 0.1) is 0 Å². The van der Waals surface area contributed by atoms with Gasteiger partial charge in [-0.25, -0.2) is 4.98 Å². The fourth-order valence-corrected chi connectivity index (χ4v) is 3.17. The first-order valence-corrected chi connectivity index (χ1v) is 9.85. The summed E-state index contributed by atoms with van der Waals surface area (Å²) >= 11 is 6.26. The van der Waals surface area contributed by atoms with Gasteiger partial charge >= 0.3 is 0 Å². The standard InChI is InChI=1S/C21H19ClN6O3/c1-23-19(29)13-4-2-3-5-16(13)27-18-15(22)11-25-21(28-18)26-12-6-7-17-14(10-12)20(30)24-8-9-31-17/h2-7,10-11H,8-9H2,1H3,(H,23,29)(H,24,30)(H2,25,26,27,28). The summed E-state index contributed by atoms with van der Waals surface area (Å²) in [4.78, 5) is 32.9. The molecule has 2 heterocycles. The number of nitrogens with one attached hydrogen (secondary N) is 4. The second-order valence-electron chi connectivity index (χ2n) is 6.58. The van der Waals surface area contributed by atoms with Crippen molar-refractivity contribution in [2.24, 2.45) is 0 Å². The number of halogens is 1. The molecule has 0 atom stereocenters. The third-order valence-electron chi connectivity index (χ3n) is 4.52. The third-order valence-corrected chi connectivity index (χ3v) is 4.80. The number of hydrogen-bond acceptors (Lipinski definition) is 7. The largest absolute Gasteiger partial charge is 0.491 e. The van der Waals surface area contributed by atoms with Gasteiger partial charge < -0.3 is 26.0 Å². The number of para-hydroxylation sites is 1. The van der Waals surface area contributed by atoms with Crippen LogP contribution in [0.1, 0.15) is 20.7 Å². The zero-order chi connectivity index (χ0) is 21.8. The maximum absolute atomic E-state index is 12.2. The molecule has 0 aliphatic carbocycles. The van der Waals surface area contributed by atoms with Crippen molar-refractivity contribution >= 4 is 46.6 Å². The van der Waals surface area contributed by atoms with Crippen LogP contribution < -0.4 is 26.0 Å². The topological polar surface area (TPSA) is 117 Å². The number of rotatable bonds is 5. The smallest absolute Gasteiger partial charge is 0.255 e. The Morgan fingerprint density at radius 2 is 2.03 bits per heavy atom. The molecule has 158 valence electrons. The second kappa shape index (κ2) is 8.88. The van der Waals surface area contributed by atoms with Crippen molar-refractivity contribution < 1.29 is 14.3 Å². The fraction of sp³-hybridized carbons (Fsp3) is 0.143. The Morgan fingerprint density at radius 3 is 2.87 bits per heavy atom. The van der Waals surface area contributed by atoms with E-state index in [1.807, 2.05) is 0 Å². The van der Waals surface area contributed by atoms with Gasteiger partial charge in [0.2, 0.25) is 5.95 Å². The van der Waals surface area contributed by atoms with Gasteiger partial charge in [-0.05, 0) is 30.3 Å². The molecule has 0 saturated carbocycles. The minimum atomic E-state index is -0.239. The molecule has 31 heavy (non-hydrogen) atoms. The second-order valence-corrected chi connectivity index (χ2v) is 6.99. The predicted octanol–water partition coefficient (Wildman–Crippen LogP) is 3.10. The van der Waals surface area contributed by atoms with Crippen molar-refractivity contribution in [1.82, 2.24) is 20.6 Å². The number of nitrogens with zero attached hydrogens (tertiary/aromatic N) is 2. The highest BCUT2D eigenvalue weighted by Crippen LogP contribution is 2.28. The quantitative estimate of drug-likeness (QED) is 0.483. The van der Waals surface area contributed by atoms with Crippen molar-refractivity contribution in [3.05, 3.63) is 64.8 Å². The third kappa shape index (κ3) is 4.51. The summed E-state index contributed by atoms with van der Waals surface area (Å²) in [5.41, 5.74) is 2.03. The Hall–Kier alpha value is -3.85. The molecule has 2 amide bonds. The molecule has 0 spiro atoms. The minimum Gasteiger partial charge on any atom is -0.491 e. The summed E-state index contributed by atoms with van der Waals surface area (Å²) in [6, 6.07) is 12.2. The number of carbonyl (C=O) groups is 2. The normalized spacial score (nSPS) is 12.6. The lowest BCUT2D eigenvalue weighted by Crippen LogP contribution is -2.24. The summed E-state index contributed by atoms with van der Waals surface area (Å²) in [5.74, 6) is 0.662. The summed E-state index contributed by atoms with van der Waals surface area (Å²) in [6.07, 6.45) is 1.45. The molecular formula is C21H19ClN6O3. The Morgan fingerprint density at radius 1 is 1.19 bits per heavy atom. The van der Waals surface area contributed by atoms with E-state index < -0.39 is 0 Å². The van der Waals surface area contributed by atoms with Crippen molar-refractivity contribution in [2.75, 3.05) is 30.8 Å². The Balaban J connectivity index is 1.60. The predicted molar refractivity (Wildman–Crippen MR) is 118 cm³/mol. The van der Waals surface area contributed by atoms with E-state index in [1.165, 1.54) is 6.20 Å².